The van der Waals surface area contributed by atoms with E-state index < -0.39 is 0 Å². The van der Waals surface area contributed by atoms with E-state index in [9.17, 15) is 5.11 Å². The number of phenolic OH excluding ortho intramolecular Hbond substituents is 1. The lowest BCUT2D eigenvalue weighted by atomic mass is 10.3. The summed E-state index contributed by atoms with van der Waals surface area (Å²) in [5.74, 6) is 0.116. The lowest BCUT2D eigenvalue weighted by Crippen LogP contribution is -1.75. The minimum atomic E-state index is 0.116. The Hall–Kier alpha value is 0.140. The Labute approximate surface area is 82.9 Å². The quantitative estimate of drug-likeness (QED) is 0.773. The lowest BCUT2D eigenvalue weighted by Gasteiger charge is -2.02. The molecule has 1 aromatic carbocycles. The van der Waals surface area contributed by atoms with E-state index in [1.54, 1.807) is 6.07 Å². The molecule has 1 aromatic rings. The van der Waals surface area contributed by atoms with E-state index in [1.807, 2.05) is 12.3 Å². The first-order valence-electron chi connectivity index (χ1n) is 2.87. The normalized spacial score (nSPS) is 10.1. The number of hydrogen-bond donors (Lipinski definition) is 1. The predicted molar refractivity (Wildman–Crippen MR) is 52.6 cm³/mol. The fourth-order valence-corrected chi connectivity index (χ4v) is 2.17. The molecule has 0 aliphatic carbocycles. The van der Waals surface area contributed by atoms with E-state index in [4.69, 9.17) is 11.6 Å². The van der Waals surface area contributed by atoms with E-state index in [0.29, 0.717) is 5.02 Å². The maximum absolute atomic E-state index is 9.24. The maximum Gasteiger partial charge on any atom is 0.136 e. The van der Waals surface area contributed by atoms with Crippen LogP contribution in [0.1, 0.15) is 0 Å². The number of benzene rings is 1. The molecule has 0 bridgehead atoms. The minimum absolute atomic E-state index is 0.116. The molecule has 4 heteroatoms. The monoisotopic (exact) mass is 252 g/mol. The van der Waals surface area contributed by atoms with Crippen molar-refractivity contribution in [3.8, 4) is 5.75 Å². The highest BCUT2D eigenvalue weighted by Crippen LogP contribution is 2.35. The van der Waals surface area contributed by atoms with Crippen molar-refractivity contribution in [2.24, 2.45) is 0 Å². The first kappa shape index (κ1) is 9.23. The van der Waals surface area contributed by atoms with Gasteiger partial charge in [0.2, 0.25) is 0 Å². The first-order valence-corrected chi connectivity index (χ1v) is 5.26. The largest absolute Gasteiger partial charge is 0.506 e. The van der Waals surface area contributed by atoms with Gasteiger partial charge in [0, 0.05) is 9.37 Å². The van der Waals surface area contributed by atoms with Crippen molar-refractivity contribution in [1.29, 1.82) is 0 Å². The van der Waals surface area contributed by atoms with Gasteiger partial charge in [-0.1, -0.05) is 27.5 Å². The number of aromatic hydroxyl groups is 1. The molecule has 1 nitrogen and oxygen atoms in total. The number of hydrogen-bond acceptors (Lipinski definition) is 2. The van der Waals surface area contributed by atoms with Gasteiger partial charge in [0.05, 0.1) is 5.02 Å². The summed E-state index contributed by atoms with van der Waals surface area (Å²) >= 11 is 10.5. The Morgan fingerprint density at radius 2 is 2.18 bits per heavy atom. The molecule has 0 fully saturated rings. The van der Waals surface area contributed by atoms with Crippen LogP contribution in [0, 0.1) is 0 Å². The second-order valence-electron chi connectivity index (χ2n) is 1.94. The highest BCUT2D eigenvalue weighted by molar-refractivity contribution is 9.10. The van der Waals surface area contributed by atoms with Crippen LogP contribution < -0.4 is 0 Å². The number of rotatable bonds is 1. The summed E-state index contributed by atoms with van der Waals surface area (Å²) < 4.78 is 0.837. The first-order chi connectivity index (χ1) is 5.15. The standard InChI is InChI=1S/C7H6BrClOS/c1-11-6-3-4(8)2-5(10)7(6)9/h2-3,10H,1H3. The fraction of sp³-hybridized carbons (Fsp3) is 0.143. The van der Waals surface area contributed by atoms with Gasteiger partial charge < -0.3 is 5.11 Å². The van der Waals surface area contributed by atoms with Gasteiger partial charge in [-0.15, -0.1) is 11.8 Å². The molecule has 0 aromatic heterocycles. The van der Waals surface area contributed by atoms with E-state index >= 15 is 0 Å². The molecule has 1 N–H and O–H groups in total. The second kappa shape index (κ2) is 3.70. The highest BCUT2D eigenvalue weighted by Gasteiger charge is 2.05. The molecule has 60 valence electrons. The van der Waals surface area contributed by atoms with Gasteiger partial charge in [0.1, 0.15) is 5.75 Å². The third-order valence-corrected chi connectivity index (χ3v) is 2.93. The van der Waals surface area contributed by atoms with Gasteiger partial charge in [-0.2, -0.15) is 0 Å². The molecule has 0 heterocycles. The van der Waals surface area contributed by atoms with Crippen molar-refractivity contribution in [3.05, 3.63) is 21.6 Å². The van der Waals surface area contributed by atoms with Crippen molar-refractivity contribution in [2.45, 2.75) is 4.90 Å². The zero-order valence-corrected chi connectivity index (χ0v) is 8.92. The van der Waals surface area contributed by atoms with Crippen molar-refractivity contribution in [1.82, 2.24) is 0 Å². The van der Waals surface area contributed by atoms with E-state index in [-0.39, 0.29) is 5.75 Å². The van der Waals surface area contributed by atoms with Gasteiger partial charge in [-0.3, -0.25) is 0 Å². The SMILES string of the molecule is CSc1cc(Br)cc(O)c1Cl. The summed E-state index contributed by atoms with van der Waals surface area (Å²) in [6, 6.07) is 3.44. The summed E-state index contributed by atoms with van der Waals surface area (Å²) in [5.41, 5.74) is 0. The van der Waals surface area contributed by atoms with Crippen LogP contribution in [-0.4, -0.2) is 11.4 Å². The Balaban J connectivity index is 3.24. The summed E-state index contributed by atoms with van der Waals surface area (Å²) in [7, 11) is 0. The molecule has 0 radical (unpaired) electrons. The Kier molecular flexibility index (Phi) is 3.10. The topological polar surface area (TPSA) is 20.2 Å². The van der Waals surface area contributed by atoms with Gasteiger partial charge in [-0.05, 0) is 18.4 Å². The molecule has 0 aliphatic heterocycles. The minimum Gasteiger partial charge on any atom is -0.506 e. The molecule has 0 atom stereocenters. The molecule has 0 saturated heterocycles. The average molecular weight is 254 g/mol. The van der Waals surface area contributed by atoms with Gasteiger partial charge >= 0.3 is 0 Å². The zero-order valence-electron chi connectivity index (χ0n) is 5.77. The third-order valence-electron chi connectivity index (χ3n) is 1.20. The number of halogens is 2. The third kappa shape index (κ3) is 2.04. The van der Waals surface area contributed by atoms with Crippen molar-refractivity contribution >= 4 is 39.3 Å². The maximum atomic E-state index is 9.24. The Morgan fingerprint density at radius 3 is 2.73 bits per heavy atom. The number of thioether (sulfide) groups is 1. The molecule has 0 spiro atoms. The molecular formula is C7H6BrClOS. The van der Waals surface area contributed by atoms with Gasteiger partial charge in [0.15, 0.2) is 0 Å². The van der Waals surface area contributed by atoms with Crippen molar-refractivity contribution in [3.63, 3.8) is 0 Å². The Morgan fingerprint density at radius 1 is 1.55 bits per heavy atom. The molecule has 0 amide bonds. The van der Waals surface area contributed by atoms with Crippen LogP contribution in [0.3, 0.4) is 0 Å². The lowest BCUT2D eigenvalue weighted by molar-refractivity contribution is 0.473. The summed E-state index contributed by atoms with van der Waals surface area (Å²) in [6.45, 7) is 0. The second-order valence-corrected chi connectivity index (χ2v) is 4.08. The van der Waals surface area contributed by atoms with Crippen LogP contribution in [-0.2, 0) is 0 Å². The van der Waals surface area contributed by atoms with Crippen LogP contribution in [0.2, 0.25) is 5.02 Å². The molecule has 11 heavy (non-hydrogen) atoms. The van der Waals surface area contributed by atoms with E-state index in [2.05, 4.69) is 15.9 Å². The van der Waals surface area contributed by atoms with Crippen LogP contribution >= 0.6 is 39.3 Å². The average Bonchev–Trinajstić information content (AvgIpc) is 1.96. The molecule has 0 unspecified atom stereocenters. The van der Waals surface area contributed by atoms with Crippen LogP contribution in [0.5, 0.6) is 5.75 Å². The predicted octanol–water partition coefficient (Wildman–Crippen LogP) is 3.53. The fourth-order valence-electron chi connectivity index (χ4n) is 0.699. The van der Waals surface area contributed by atoms with Crippen LogP contribution in [0.15, 0.2) is 21.5 Å². The van der Waals surface area contributed by atoms with Gasteiger partial charge in [0.25, 0.3) is 0 Å². The van der Waals surface area contributed by atoms with E-state index in [0.717, 1.165) is 9.37 Å². The molecule has 0 saturated carbocycles. The molecule has 0 aliphatic rings. The smallest absolute Gasteiger partial charge is 0.136 e. The summed E-state index contributed by atoms with van der Waals surface area (Å²) in [4.78, 5) is 0.874. The zero-order chi connectivity index (χ0) is 8.43. The van der Waals surface area contributed by atoms with E-state index in [1.165, 1.54) is 11.8 Å². The highest BCUT2D eigenvalue weighted by atomic mass is 79.9. The molecule has 1 rings (SSSR count). The van der Waals surface area contributed by atoms with Crippen LogP contribution in [0.25, 0.3) is 0 Å². The molecular weight excluding hydrogens is 247 g/mol. The summed E-state index contributed by atoms with van der Waals surface area (Å²) in [5, 5.41) is 9.65. The van der Waals surface area contributed by atoms with Crippen LogP contribution in [0.4, 0.5) is 0 Å². The Bertz CT molecular complexity index is 277. The summed E-state index contributed by atoms with van der Waals surface area (Å²) in [6.07, 6.45) is 1.91. The van der Waals surface area contributed by atoms with Crippen molar-refractivity contribution < 1.29 is 5.11 Å². The van der Waals surface area contributed by atoms with Gasteiger partial charge in [-0.25, -0.2) is 0 Å². The van der Waals surface area contributed by atoms with Crippen molar-refractivity contribution in [2.75, 3.05) is 6.26 Å². The number of phenols is 1.